The number of nitrogens with zero attached hydrogens (tertiary/aromatic N) is 3. The van der Waals surface area contributed by atoms with E-state index in [2.05, 4.69) is 59.1 Å². The van der Waals surface area contributed by atoms with Gasteiger partial charge in [-0.25, -0.2) is 16.8 Å². The van der Waals surface area contributed by atoms with Gasteiger partial charge in [-0.1, -0.05) is 81.8 Å². The number of benzene rings is 3. The van der Waals surface area contributed by atoms with Gasteiger partial charge in [-0.2, -0.15) is 8.42 Å². The van der Waals surface area contributed by atoms with Crippen LogP contribution in [0, 0.1) is 22.7 Å². The number of ether oxygens (including phenoxy) is 1. The summed E-state index contributed by atoms with van der Waals surface area (Å²) in [6.07, 6.45) is 11.6. The number of aromatic nitrogens is 2. The van der Waals surface area contributed by atoms with Crippen LogP contribution in [-0.2, 0) is 63.1 Å². The predicted octanol–water partition coefficient (Wildman–Crippen LogP) is 7.89. The van der Waals surface area contributed by atoms with Gasteiger partial charge in [0.25, 0.3) is 21.9 Å². The molecule has 6 amide bonds. The summed E-state index contributed by atoms with van der Waals surface area (Å²) in [6, 6.07) is 18.8. The van der Waals surface area contributed by atoms with Crippen LogP contribution in [0.4, 0.5) is 0 Å². The first kappa shape index (κ1) is 72.6. The van der Waals surface area contributed by atoms with Gasteiger partial charge in [0.15, 0.2) is 5.43 Å². The molecular formula is C66H81BrN8O15S5. The molecule has 11 rings (SSSR count). The summed E-state index contributed by atoms with van der Waals surface area (Å²) in [5.74, 6) is -3.70. The number of pyridine rings is 2. The Labute approximate surface area is 571 Å². The Balaban J connectivity index is 0.000000188. The summed E-state index contributed by atoms with van der Waals surface area (Å²) >= 11 is 6.48. The summed E-state index contributed by atoms with van der Waals surface area (Å²) < 4.78 is 92.5. The third kappa shape index (κ3) is 17.2. The molecule has 4 aliphatic carbocycles. The minimum atomic E-state index is -4.20. The number of carbonyl (C=O) groups is 6. The molecule has 5 aromatic rings. The molecule has 6 aliphatic rings. The van der Waals surface area contributed by atoms with E-state index >= 15 is 0 Å². The summed E-state index contributed by atoms with van der Waals surface area (Å²) in [5.41, 5.74) is -1.85. The van der Waals surface area contributed by atoms with Gasteiger partial charge < -0.3 is 30.2 Å². The van der Waals surface area contributed by atoms with Gasteiger partial charge in [-0.15, -0.1) is 36.7 Å². The lowest BCUT2D eigenvalue weighted by molar-refractivity contribution is -0.141. The van der Waals surface area contributed by atoms with Crippen molar-refractivity contribution >= 4 is 127 Å². The quantitative estimate of drug-likeness (QED) is 0.0265. The smallest absolute Gasteiger partial charge is 0.297 e. The molecule has 2 aromatic heterocycles. The fourth-order valence-corrected chi connectivity index (χ4v) is 16.9. The van der Waals surface area contributed by atoms with Gasteiger partial charge in [0, 0.05) is 87.6 Å². The molecule has 3 aromatic carbocycles. The fraction of sp³-hybridized carbons (Fsp3) is 0.485. The Morgan fingerprint density at radius 3 is 1.61 bits per heavy atom. The van der Waals surface area contributed by atoms with E-state index in [9.17, 15) is 58.8 Å². The Morgan fingerprint density at radius 2 is 1.15 bits per heavy atom. The zero-order chi connectivity index (χ0) is 69.4. The van der Waals surface area contributed by atoms with E-state index in [0.29, 0.717) is 35.9 Å². The minimum absolute atomic E-state index is 0.0736. The third-order valence-electron chi connectivity index (χ3n) is 17.2. The first-order chi connectivity index (χ1) is 44.6. The average molecular weight is 1470 g/mol. The molecule has 95 heavy (non-hydrogen) atoms. The highest BCUT2D eigenvalue weighted by Crippen LogP contribution is 2.47. The lowest BCUT2D eigenvalue weighted by Crippen LogP contribution is -2.56. The maximum Gasteiger partial charge on any atom is 0.297 e. The zero-order valence-electron chi connectivity index (χ0n) is 54.1. The van der Waals surface area contributed by atoms with Gasteiger partial charge in [0.05, 0.1) is 39.1 Å². The highest BCUT2D eigenvalue weighted by atomic mass is 79.9. The molecule has 4 saturated carbocycles. The predicted molar refractivity (Wildman–Crippen MR) is 367 cm³/mol. The van der Waals surface area contributed by atoms with E-state index in [0.717, 1.165) is 31.6 Å². The fourth-order valence-electron chi connectivity index (χ4n) is 11.7. The van der Waals surface area contributed by atoms with Crippen LogP contribution in [0.5, 0.6) is 5.75 Å². The van der Waals surface area contributed by atoms with E-state index in [1.54, 1.807) is 66.3 Å². The van der Waals surface area contributed by atoms with Gasteiger partial charge in [-0.05, 0) is 116 Å². The van der Waals surface area contributed by atoms with Crippen molar-refractivity contribution in [3.8, 4) is 5.75 Å². The van der Waals surface area contributed by atoms with Crippen LogP contribution in [-0.4, -0.2) is 152 Å². The average Bonchev–Trinajstić information content (AvgIpc) is 1.58. The van der Waals surface area contributed by atoms with E-state index in [4.69, 9.17) is 8.92 Å². The second-order valence-electron chi connectivity index (χ2n) is 27.2. The molecule has 23 nitrogen and oxygen atoms in total. The van der Waals surface area contributed by atoms with Crippen molar-refractivity contribution in [3.63, 3.8) is 0 Å². The number of thioether (sulfide) groups is 2. The van der Waals surface area contributed by atoms with E-state index in [1.165, 1.54) is 28.0 Å². The van der Waals surface area contributed by atoms with Crippen molar-refractivity contribution < 1.29 is 62.9 Å². The van der Waals surface area contributed by atoms with Crippen LogP contribution in [0.3, 0.4) is 0 Å². The maximum atomic E-state index is 13.8. The number of likely N-dealkylation sites (tertiary alicyclic amines) is 2. The van der Waals surface area contributed by atoms with Crippen molar-refractivity contribution in [3.05, 3.63) is 125 Å². The number of H-pyrrole nitrogens is 1. The molecule has 6 fully saturated rings. The third-order valence-corrected chi connectivity index (χ3v) is 24.3. The number of nitrogens with one attached hydrogen (secondary N) is 5. The van der Waals surface area contributed by atoms with Gasteiger partial charge in [0.2, 0.25) is 43.7 Å². The summed E-state index contributed by atoms with van der Waals surface area (Å²) in [7, 11) is -11.9. The Morgan fingerprint density at radius 1 is 0.674 bits per heavy atom. The maximum absolute atomic E-state index is 13.8. The molecule has 512 valence electrons. The number of rotatable bonds is 21. The molecule has 29 heteroatoms. The molecule has 0 radical (unpaired) electrons. The zero-order valence-corrected chi connectivity index (χ0v) is 59.8. The topological polar surface area (TPSA) is 324 Å². The number of fused-ring (bicyclic) bond motifs is 2. The van der Waals surface area contributed by atoms with E-state index < -0.39 is 117 Å². The first-order valence-electron chi connectivity index (χ1n) is 31.1. The van der Waals surface area contributed by atoms with Crippen LogP contribution in [0.25, 0.3) is 21.8 Å². The molecule has 0 bridgehead atoms. The summed E-state index contributed by atoms with van der Waals surface area (Å²) in [6.45, 7) is 18.9. The standard InChI is InChI=1S/C30H38N4O6S2.C26H34BrN3O8S2.C10H9NOS/c1-6-18-15-30(18,28(37)33-42(38,39)20-10-11-20)32-27(36)22-14-19(17-34(22)25(35)16-29(2,3)4)40-23-12-13-31-26-21(23)8-7-9-24(26)41-5;1-5-16-13-26(16,24(33)29-39(34,35)19-10-11-19)28-23(32)21-12-18(15-30(21)22(31)14-25(2,3)4)38-40(36,37)20-8-6-17(27)7-9-20;1-13-9-4-2-3-7-8(12)5-6-11-10(7)9/h6-9,12-13,18-20,22H,1,10-11,14-17H2,2-5H3,(H,32,36)(H,33,37);5-9,16,18-19,21H,1,10-15H2,2-4H3,(H,28,32)(H,29,33);2-6H,1H3,(H,11,12)/t18?,19-,22+,30-;16?,18-,21-,26+;/m10./s1. The largest absolute Gasteiger partial charge is 0.488 e. The van der Waals surface area contributed by atoms with Crippen LogP contribution >= 0.6 is 39.5 Å². The lowest BCUT2D eigenvalue weighted by atomic mass is 9.91. The number of carbonyl (C=O) groups excluding carboxylic acids is 6. The lowest BCUT2D eigenvalue weighted by Gasteiger charge is -2.29. The molecule has 4 heterocycles. The van der Waals surface area contributed by atoms with Crippen LogP contribution < -0.4 is 30.2 Å². The second-order valence-corrected chi connectivity index (χ2v) is 35.3. The second kappa shape index (κ2) is 28.4. The number of aromatic amines is 1. The minimum Gasteiger partial charge on any atom is -0.488 e. The SMILES string of the molecule is C=CC1C[C@]1(NC(=O)[C@@H]1C[C@@H](Oc2ccnc3c(SC)cccc23)CN1C(=O)CC(C)(C)C)C(=O)NS(=O)(=O)C1CC1.C=CC1C[C@]1(NC(=O)[C@@H]1C[C@H](OS(=O)(=O)c2ccc(Br)cc2)CN1C(=O)CC(C)(C)C)C(=O)NS(=O)(=O)C1CC1.CSc1cccc2c(=O)cc[nH]c12. The number of para-hydroxylation sites is 2. The summed E-state index contributed by atoms with van der Waals surface area (Å²) in [5, 5.41) is 5.88. The number of amides is 6. The Hall–Kier alpha value is -6.63. The van der Waals surface area contributed by atoms with Crippen molar-refractivity contribution in [2.45, 2.75) is 166 Å². The monoisotopic (exact) mass is 1460 g/mol. The molecule has 8 atom stereocenters. The first-order valence-corrected chi connectivity index (χ1v) is 38.8. The van der Waals surface area contributed by atoms with Gasteiger partial charge in [-0.3, -0.25) is 52.2 Å². The molecular weight excluding hydrogens is 1390 g/mol. The molecule has 2 unspecified atom stereocenters. The van der Waals surface area contributed by atoms with Gasteiger partial charge >= 0.3 is 0 Å². The number of hydrogen-bond acceptors (Lipinski definition) is 18. The van der Waals surface area contributed by atoms with Crippen molar-refractivity contribution in [2.24, 2.45) is 22.7 Å². The molecule has 2 saturated heterocycles. The van der Waals surface area contributed by atoms with Crippen molar-refractivity contribution in [2.75, 3.05) is 25.6 Å². The Kier molecular flexibility index (Phi) is 21.7. The van der Waals surface area contributed by atoms with Crippen LogP contribution in [0.1, 0.15) is 106 Å². The number of halogens is 1. The van der Waals surface area contributed by atoms with Crippen LogP contribution in [0.15, 0.2) is 134 Å². The van der Waals surface area contributed by atoms with Gasteiger partial charge in [0.1, 0.15) is 35.0 Å². The Bertz CT molecular complexity index is 4250. The number of sulfonamides is 2. The molecule has 5 N–H and O–H groups in total. The number of hydrogen-bond donors (Lipinski definition) is 5. The highest BCUT2D eigenvalue weighted by Gasteiger charge is 2.63. The van der Waals surface area contributed by atoms with E-state index in [-0.39, 0.29) is 79.2 Å². The summed E-state index contributed by atoms with van der Waals surface area (Å²) in [4.78, 5) is 104. The molecule has 2 aliphatic heterocycles. The normalized spacial score (nSPS) is 24.0. The molecule has 0 spiro atoms. The van der Waals surface area contributed by atoms with Crippen LogP contribution in [0.2, 0.25) is 0 Å². The van der Waals surface area contributed by atoms with Crippen molar-refractivity contribution in [1.29, 1.82) is 0 Å². The highest BCUT2D eigenvalue weighted by molar-refractivity contribution is 9.10. The van der Waals surface area contributed by atoms with E-state index in [1.807, 2.05) is 90.5 Å². The van der Waals surface area contributed by atoms with Crippen molar-refractivity contribution in [1.82, 2.24) is 39.8 Å².